The van der Waals surface area contributed by atoms with Crippen LogP contribution in [0.3, 0.4) is 0 Å². The van der Waals surface area contributed by atoms with E-state index in [1.807, 2.05) is 20.8 Å². The topological polar surface area (TPSA) is 71.8 Å². The highest BCUT2D eigenvalue weighted by atomic mass is 16.5. The molecule has 1 fully saturated rings. The second-order valence-corrected chi connectivity index (χ2v) is 5.79. The Bertz CT molecular complexity index is 521. The molecule has 0 spiro atoms. The Kier molecular flexibility index (Phi) is 3.85. The molecule has 1 N–H and O–H groups in total. The fraction of sp³-hybridized carbons (Fsp3) is 0.571. The third kappa shape index (κ3) is 3.19. The van der Waals surface area contributed by atoms with E-state index in [4.69, 9.17) is 9.84 Å². The van der Waals surface area contributed by atoms with Crippen molar-refractivity contribution in [2.75, 3.05) is 13.1 Å². The maximum atomic E-state index is 12.6. The molecule has 110 valence electrons. The average Bonchev–Trinajstić information content (AvgIpc) is 2.72. The number of nitrogens with zero attached hydrogens (tertiary/aromatic N) is 2. The number of aromatic nitrogens is 1. The standard InChI is InChI=1S/C14H20N2O4/c1-10-7-16(9-14(2,3)20-10)13(19)11-5-4-6-15(11)8-12(17)18/h4-6,10H,7-9H2,1-3H3,(H,17,18). The number of carbonyl (C=O) groups excluding carboxylic acids is 1. The van der Waals surface area contributed by atoms with E-state index >= 15 is 0 Å². The predicted molar refractivity (Wildman–Crippen MR) is 72.6 cm³/mol. The van der Waals surface area contributed by atoms with Crippen molar-refractivity contribution in [3.05, 3.63) is 24.0 Å². The number of hydrogen-bond donors (Lipinski definition) is 1. The molecule has 6 heteroatoms. The number of ether oxygens (including phenoxy) is 1. The molecular weight excluding hydrogens is 260 g/mol. The molecule has 0 radical (unpaired) electrons. The van der Waals surface area contributed by atoms with Gasteiger partial charge in [-0.3, -0.25) is 9.59 Å². The lowest BCUT2D eigenvalue weighted by Gasteiger charge is -2.41. The van der Waals surface area contributed by atoms with E-state index in [9.17, 15) is 9.59 Å². The zero-order chi connectivity index (χ0) is 14.9. The summed E-state index contributed by atoms with van der Waals surface area (Å²) in [6.07, 6.45) is 1.57. The maximum Gasteiger partial charge on any atom is 0.323 e. The van der Waals surface area contributed by atoms with Gasteiger partial charge < -0.3 is 19.3 Å². The van der Waals surface area contributed by atoms with Gasteiger partial charge in [-0.25, -0.2) is 0 Å². The van der Waals surface area contributed by atoms with Crippen LogP contribution in [0, 0.1) is 0 Å². The summed E-state index contributed by atoms with van der Waals surface area (Å²) in [4.78, 5) is 25.1. The monoisotopic (exact) mass is 280 g/mol. The number of carboxylic acids is 1. The van der Waals surface area contributed by atoms with Crippen LogP contribution < -0.4 is 0 Å². The molecule has 1 amide bonds. The van der Waals surface area contributed by atoms with Crippen LogP contribution in [-0.4, -0.2) is 51.2 Å². The van der Waals surface area contributed by atoms with Gasteiger partial charge in [0.05, 0.1) is 11.7 Å². The quantitative estimate of drug-likeness (QED) is 0.903. The first-order valence-electron chi connectivity index (χ1n) is 6.62. The molecular formula is C14H20N2O4. The van der Waals surface area contributed by atoms with Crippen LogP contribution in [0.15, 0.2) is 18.3 Å². The summed E-state index contributed by atoms with van der Waals surface area (Å²) >= 11 is 0. The Morgan fingerprint density at radius 1 is 1.50 bits per heavy atom. The Balaban J connectivity index is 2.19. The second-order valence-electron chi connectivity index (χ2n) is 5.79. The fourth-order valence-electron chi connectivity index (χ4n) is 2.66. The van der Waals surface area contributed by atoms with Crippen molar-refractivity contribution in [2.45, 2.75) is 39.0 Å². The van der Waals surface area contributed by atoms with Gasteiger partial charge in [0.25, 0.3) is 5.91 Å². The molecule has 1 aromatic heterocycles. The molecule has 2 heterocycles. The number of carboxylic acid groups (broad SMARTS) is 1. The van der Waals surface area contributed by atoms with Gasteiger partial charge in [0.2, 0.25) is 0 Å². The third-order valence-electron chi connectivity index (χ3n) is 3.21. The first-order chi connectivity index (χ1) is 9.28. The van der Waals surface area contributed by atoms with Crippen LogP contribution in [0.1, 0.15) is 31.3 Å². The van der Waals surface area contributed by atoms with E-state index in [-0.39, 0.29) is 18.6 Å². The van der Waals surface area contributed by atoms with E-state index in [1.165, 1.54) is 4.57 Å². The average molecular weight is 280 g/mol. The molecule has 6 nitrogen and oxygen atoms in total. The number of hydrogen-bond acceptors (Lipinski definition) is 3. The van der Waals surface area contributed by atoms with Crippen LogP contribution >= 0.6 is 0 Å². The van der Waals surface area contributed by atoms with E-state index in [2.05, 4.69) is 0 Å². The van der Waals surface area contributed by atoms with Gasteiger partial charge in [-0.1, -0.05) is 0 Å². The minimum Gasteiger partial charge on any atom is -0.480 e. The first-order valence-corrected chi connectivity index (χ1v) is 6.62. The number of amides is 1. The minimum absolute atomic E-state index is 0.0365. The predicted octanol–water partition coefficient (Wildman–Crippen LogP) is 1.21. The van der Waals surface area contributed by atoms with Gasteiger partial charge in [-0.2, -0.15) is 0 Å². The van der Waals surface area contributed by atoms with Gasteiger partial charge in [-0.15, -0.1) is 0 Å². The van der Waals surface area contributed by atoms with Crippen molar-refractivity contribution in [1.29, 1.82) is 0 Å². The van der Waals surface area contributed by atoms with Gasteiger partial charge in [-0.05, 0) is 32.9 Å². The number of rotatable bonds is 3. The largest absolute Gasteiger partial charge is 0.480 e. The molecule has 2 rings (SSSR count). The molecule has 0 saturated carbocycles. The zero-order valence-corrected chi connectivity index (χ0v) is 12.0. The Hall–Kier alpha value is -1.82. The fourth-order valence-corrected chi connectivity index (χ4v) is 2.66. The lowest BCUT2D eigenvalue weighted by Crippen LogP contribution is -2.54. The lowest BCUT2D eigenvalue weighted by molar-refractivity contribution is -0.137. The van der Waals surface area contributed by atoms with Crippen molar-refractivity contribution in [2.24, 2.45) is 0 Å². The Morgan fingerprint density at radius 3 is 2.80 bits per heavy atom. The highest BCUT2D eigenvalue weighted by Crippen LogP contribution is 2.22. The zero-order valence-electron chi connectivity index (χ0n) is 12.0. The first kappa shape index (κ1) is 14.6. The Labute approximate surface area is 117 Å². The van der Waals surface area contributed by atoms with Crippen LogP contribution in [0.25, 0.3) is 0 Å². The van der Waals surface area contributed by atoms with Crippen molar-refractivity contribution in [3.63, 3.8) is 0 Å². The third-order valence-corrected chi connectivity index (χ3v) is 3.21. The molecule has 1 unspecified atom stereocenters. The van der Waals surface area contributed by atoms with Gasteiger partial charge in [0.15, 0.2) is 0 Å². The van der Waals surface area contributed by atoms with E-state index in [1.54, 1.807) is 23.2 Å². The van der Waals surface area contributed by atoms with Crippen LogP contribution in [0.5, 0.6) is 0 Å². The van der Waals surface area contributed by atoms with Gasteiger partial charge >= 0.3 is 5.97 Å². The summed E-state index contributed by atoms with van der Waals surface area (Å²) in [5.74, 6) is -1.12. The minimum atomic E-state index is -0.967. The summed E-state index contributed by atoms with van der Waals surface area (Å²) in [7, 11) is 0. The molecule has 20 heavy (non-hydrogen) atoms. The summed E-state index contributed by atoms with van der Waals surface area (Å²) in [6, 6.07) is 3.34. The molecule has 1 aliphatic rings. The number of carbonyl (C=O) groups is 2. The van der Waals surface area contributed by atoms with Crippen LogP contribution in [0.4, 0.5) is 0 Å². The SMILES string of the molecule is CC1CN(C(=O)c2cccn2CC(=O)O)CC(C)(C)O1. The maximum absolute atomic E-state index is 12.6. The van der Waals surface area contributed by atoms with Gasteiger partial charge in [0, 0.05) is 19.3 Å². The highest BCUT2D eigenvalue weighted by molar-refractivity contribution is 5.93. The highest BCUT2D eigenvalue weighted by Gasteiger charge is 2.34. The normalized spacial score (nSPS) is 21.8. The molecule has 1 aliphatic heterocycles. The molecule has 1 aromatic rings. The number of morpholine rings is 1. The van der Waals surface area contributed by atoms with Crippen molar-refractivity contribution in [3.8, 4) is 0 Å². The summed E-state index contributed by atoms with van der Waals surface area (Å²) in [5.41, 5.74) is 0.00896. The molecule has 0 aromatic carbocycles. The van der Waals surface area contributed by atoms with Crippen molar-refractivity contribution >= 4 is 11.9 Å². The summed E-state index contributed by atoms with van der Waals surface area (Å²) < 4.78 is 7.23. The molecule has 1 atom stereocenters. The Morgan fingerprint density at radius 2 is 2.20 bits per heavy atom. The van der Waals surface area contributed by atoms with Crippen molar-refractivity contribution < 1.29 is 19.4 Å². The second kappa shape index (κ2) is 5.28. The smallest absolute Gasteiger partial charge is 0.323 e. The molecule has 0 bridgehead atoms. The van der Waals surface area contributed by atoms with E-state index < -0.39 is 11.6 Å². The molecule has 0 aliphatic carbocycles. The summed E-state index contributed by atoms with van der Waals surface area (Å²) in [5, 5.41) is 8.86. The van der Waals surface area contributed by atoms with Gasteiger partial charge in [0.1, 0.15) is 12.2 Å². The van der Waals surface area contributed by atoms with E-state index in [0.717, 1.165) is 0 Å². The van der Waals surface area contributed by atoms with Crippen LogP contribution in [-0.2, 0) is 16.1 Å². The molecule has 1 saturated heterocycles. The van der Waals surface area contributed by atoms with E-state index in [0.29, 0.717) is 18.8 Å². The number of aliphatic carboxylic acids is 1. The van der Waals surface area contributed by atoms with Crippen LogP contribution in [0.2, 0.25) is 0 Å². The summed E-state index contributed by atoms with van der Waals surface area (Å²) in [6.45, 7) is 6.61. The van der Waals surface area contributed by atoms with Crippen molar-refractivity contribution in [1.82, 2.24) is 9.47 Å². The lowest BCUT2D eigenvalue weighted by atomic mass is 10.1.